The monoisotopic (exact) mass is 497 g/mol. The largest absolute Gasteiger partial charge is 0.511 e. The van der Waals surface area contributed by atoms with E-state index in [2.05, 4.69) is 4.74 Å². The van der Waals surface area contributed by atoms with Gasteiger partial charge in [-0.15, -0.1) is 0 Å². The molecule has 0 spiro atoms. The fraction of sp³-hybridized carbons (Fsp3) is 0.320. The van der Waals surface area contributed by atoms with Gasteiger partial charge < -0.3 is 29.5 Å². The van der Waals surface area contributed by atoms with Crippen molar-refractivity contribution in [3.05, 3.63) is 58.1 Å². The minimum absolute atomic E-state index is 0.0554. The Bertz CT molecular complexity index is 1430. The molecule has 3 N–H and O–H groups in total. The van der Waals surface area contributed by atoms with E-state index in [1.807, 2.05) is 9.80 Å². The molecule has 0 amide bonds. The van der Waals surface area contributed by atoms with Crippen LogP contribution in [-0.4, -0.2) is 69.4 Å². The lowest BCUT2D eigenvalue weighted by Crippen LogP contribution is -2.48. The highest BCUT2D eigenvalue weighted by Gasteiger charge is 2.28. The molecule has 11 heteroatoms. The molecule has 5 rings (SSSR count). The summed E-state index contributed by atoms with van der Waals surface area (Å²) in [5, 5.41) is 28.3. The number of fused-ring (bicyclic) bond motifs is 1. The van der Waals surface area contributed by atoms with Crippen LogP contribution in [0.1, 0.15) is 29.2 Å². The average Bonchev–Trinajstić information content (AvgIpc) is 3.66. The van der Waals surface area contributed by atoms with Crippen molar-refractivity contribution in [1.82, 2.24) is 9.47 Å². The number of carbonyl (C=O) groups is 2. The van der Waals surface area contributed by atoms with Crippen LogP contribution in [0.15, 0.2) is 41.3 Å². The Labute approximate surface area is 204 Å². The summed E-state index contributed by atoms with van der Waals surface area (Å²) < 4.78 is 21.6. The van der Waals surface area contributed by atoms with Crippen LogP contribution in [0, 0.1) is 5.82 Å². The lowest BCUT2D eigenvalue weighted by Gasteiger charge is -2.36. The van der Waals surface area contributed by atoms with Crippen LogP contribution in [0.3, 0.4) is 0 Å². The fourth-order valence-corrected chi connectivity index (χ4v) is 4.59. The van der Waals surface area contributed by atoms with Crippen LogP contribution >= 0.6 is 0 Å². The smallest absolute Gasteiger partial charge is 0.508 e. The Morgan fingerprint density at radius 1 is 1.06 bits per heavy atom. The van der Waals surface area contributed by atoms with E-state index in [9.17, 15) is 24.6 Å². The molecule has 2 heterocycles. The maximum Gasteiger partial charge on any atom is 0.511 e. The van der Waals surface area contributed by atoms with Gasteiger partial charge in [0.25, 0.3) is 0 Å². The normalized spacial score (nSPS) is 16.3. The Balaban J connectivity index is 1.36. The third kappa shape index (κ3) is 4.57. The number of benzene rings is 2. The molecular weight excluding hydrogens is 473 g/mol. The highest BCUT2D eigenvalue weighted by molar-refractivity contribution is 6.00. The molecule has 1 aliphatic carbocycles. The first kappa shape index (κ1) is 23.6. The van der Waals surface area contributed by atoms with E-state index >= 15 is 4.39 Å². The molecule has 1 aromatic heterocycles. The quantitative estimate of drug-likeness (QED) is 0.347. The second kappa shape index (κ2) is 9.15. The van der Waals surface area contributed by atoms with Crippen LogP contribution < -0.4 is 15.1 Å². The number of aromatic nitrogens is 1. The highest BCUT2D eigenvalue weighted by atomic mass is 19.1. The summed E-state index contributed by atoms with van der Waals surface area (Å²) in [6.45, 7) is 1.89. The van der Waals surface area contributed by atoms with Crippen molar-refractivity contribution in [2.75, 3.05) is 37.6 Å². The lowest BCUT2D eigenvalue weighted by atomic mass is 10.1. The third-order valence-electron chi connectivity index (χ3n) is 6.57. The maximum atomic E-state index is 15.2. The molecule has 1 aliphatic heterocycles. The highest BCUT2D eigenvalue weighted by Crippen LogP contribution is 2.39. The van der Waals surface area contributed by atoms with Gasteiger partial charge in [0, 0.05) is 38.3 Å². The van der Waals surface area contributed by atoms with E-state index in [-0.39, 0.29) is 46.6 Å². The van der Waals surface area contributed by atoms with Gasteiger partial charge in [0.15, 0.2) is 11.5 Å². The molecule has 2 aliphatic rings. The molecule has 0 bridgehead atoms. The predicted molar refractivity (Wildman–Crippen MR) is 128 cm³/mol. The van der Waals surface area contributed by atoms with Gasteiger partial charge in [-0.3, -0.25) is 14.5 Å². The van der Waals surface area contributed by atoms with Crippen LogP contribution in [0.4, 0.5) is 14.9 Å². The van der Waals surface area contributed by atoms with E-state index in [4.69, 9.17) is 5.11 Å². The zero-order valence-electron chi connectivity index (χ0n) is 19.2. The number of carbonyl (C=O) groups excluding carboxylic acids is 1. The van der Waals surface area contributed by atoms with Crippen LogP contribution in [0.25, 0.3) is 10.9 Å². The number of hydrogen-bond acceptors (Lipinski definition) is 8. The summed E-state index contributed by atoms with van der Waals surface area (Å²) in [6, 6.07) is 6.66. The number of ketones is 1. The molecule has 2 fully saturated rings. The van der Waals surface area contributed by atoms with Gasteiger partial charge in [-0.05, 0) is 37.1 Å². The lowest BCUT2D eigenvalue weighted by molar-refractivity contribution is 0.0923. The standard InChI is InChI=1S/C25H24FN3O7/c26-18-10-17-19(29(14-1-2-14)13-23(24(17)33)36-25(34)35)11-20(18)28-7-5-27(6-8-28)12-22(32)16-4-3-15(30)9-21(16)31/h3-4,9-11,13-14,30-31H,1-2,5-8,12H2,(H,34,35). The third-order valence-corrected chi connectivity index (χ3v) is 6.57. The summed E-state index contributed by atoms with van der Waals surface area (Å²) in [5.41, 5.74) is 0.276. The van der Waals surface area contributed by atoms with Gasteiger partial charge >= 0.3 is 6.16 Å². The summed E-state index contributed by atoms with van der Waals surface area (Å²) in [7, 11) is 0. The molecule has 2 aromatic carbocycles. The minimum Gasteiger partial charge on any atom is -0.508 e. The van der Waals surface area contributed by atoms with Crippen LogP contribution in [0.5, 0.6) is 17.2 Å². The zero-order chi connectivity index (χ0) is 25.6. The average molecular weight is 497 g/mol. The molecule has 1 saturated carbocycles. The van der Waals surface area contributed by atoms with Crippen molar-refractivity contribution < 1.29 is 34.0 Å². The number of phenols is 2. The van der Waals surface area contributed by atoms with Gasteiger partial charge in [0.2, 0.25) is 5.43 Å². The molecule has 0 radical (unpaired) electrons. The van der Waals surface area contributed by atoms with E-state index in [0.717, 1.165) is 25.0 Å². The molecule has 10 nitrogen and oxygen atoms in total. The second-order valence-corrected chi connectivity index (χ2v) is 9.04. The minimum atomic E-state index is -1.61. The Morgan fingerprint density at radius 2 is 1.78 bits per heavy atom. The number of piperazine rings is 1. The first-order valence-corrected chi connectivity index (χ1v) is 11.5. The van der Waals surface area contributed by atoms with Gasteiger partial charge in [0.1, 0.15) is 17.3 Å². The van der Waals surface area contributed by atoms with Crippen molar-refractivity contribution in [2.45, 2.75) is 18.9 Å². The number of phenolic OH excluding ortho intramolecular Hbond substituents is 2. The zero-order valence-corrected chi connectivity index (χ0v) is 19.2. The Morgan fingerprint density at radius 3 is 2.42 bits per heavy atom. The number of rotatable bonds is 6. The molecule has 0 unspecified atom stereocenters. The van der Waals surface area contributed by atoms with E-state index in [1.165, 1.54) is 18.3 Å². The molecule has 188 valence electrons. The van der Waals surface area contributed by atoms with Gasteiger partial charge in [-0.2, -0.15) is 0 Å². The van der Waals surface area contributed by atoms with E-state index in [1.54, 1.807) is 10.6 Å². The van der Waals surface area contributed by atoms with Gasteiger partial charge in [-0.25, -0.2) is 9.18 Å². The summed E-state index contributed by atoms with van der Waals surface area (Å²) >= 11 is 0. The number of carboxylic acid groups (broad SMARTS) is 1. The van der Waals surface area contributed by atoms with E-state index < -0.39 is 17.4 Å². The first-order chi connectivity index (χ1) is 17.2. The van der Waals surface area contributed by atoms with E-state index in [0.29, 0.717) is 37.4 Å². The number of Topliss-reactive ketones (excluding diaryl/α,β-unsaturated/α-hetero) is 1. The summed E-state index contributed by atoms with van der Waals surface area (Å²) in [4.78, 5) is 40.1. The van der Waals surface area contributed by atoms with Crippen molar-refractivity contribution >= 4 is 28.5 Å². The Kier molecular flexibility index (Phi) is 6.00. The van der Waals surface area contributed by atoms with Crippen molar-refractivity contribution in [3.8, 4) is 17.2 Å². The number of pyridine rings is 1. The number of ether oxygens (including phenoxy) is 1. The maximum absolute atomic E-state index is 15.2. The second-order valence-electron chi connectivity index (χ2n) is 9.04. The number of aromatic hydroxyl groups is 2. The van der Waals surface area contributed by atoms with Gasteiger partial charge in [-0.1, -0.05) is 0 Å². The number of hydrogen-bond donors (Lipinski definition) is 3. The number of nitrogens with zero attached hydrogens (tertiary/aromatic N) is 3. The first-order valence-electron chi connectivity index (χ1n) is 11.5. The molecule has 3 aromatic rings. The summed E-state index contributed by atoms with van der Waals surface area (Å²) in [5.74, 6) is -1.66. The predicted octanol–water partition coefficient (Wildman–Crippen LogP) is 2.95. The van der Waals surface area contributed by atoms with Gasteiger partial charge in [0.05, 0.1) is 34.9 Å². The summed E-state index contributed by atoms with van der Waals surface area (Å²) in [6.07, 6.45) is 1.49. The number of halogens is 1. The SMILES string of the molecule is O=C(O)Oc1cn(C2CC2)c2cc(N3CCN(CC(=O)c4ccc(O)cc4O)CC3)c(F)cc2c1=O. The van der Waals surface area contributed by atoms with Crippen LogP contribution in [0.2, 0.25) is 0 Å². The fourth-order valence-electron chi connectivity index (χ4n) is 4.59. The van der Waals surface area contributed by atoms with Crippen molar-refractivity contribution in [1.29, 1.82) is 0 Å². The Hall–Kier alpha value is -4.12. The van der Waals surface area contributed by atoms with Crippen LogP contribution in [-0.2, 0) is 0 Å². The number of anilines is 1. The molecule has 1 saturated heterocycles. The van der Waals surface area contributed by atoms with Crippen molar-refractivity contribution in [3.63, 3.8) is 0 Å². The topological polar surface area (TPSA) is 133 Å². The molecular formula is C25H24FN3O7. The van der Waals surface area contributed by atoms with Crippen molar-refractivity contribution in [2.24, 2.45) is 0 Å². The molecule has 36 heavy (non-hydrogen) atoms. The molecule has 0 atom stereocenters.